The molecule has 20 heavy (non-hydrogen) atoms. The zero-order valence-electron chi connectivity index (χ0n) is 11.4. The van der Waals surface area contributed by atoms with E-state index < -0.39 is 0 Å². The standard InChI is InChI=1S/C19H15N/c1-3-4-5-10-15(2)20-18-13-8-6-11-16(18)17-12-7-9-14-19(17)20/h1,4-14H,2H3/b5-4-,15-10+. The lowest BCUT2D eigenvalue weighted by Gasteiger charge is -2.06. The van der Waals surface area contributed by atoms with Gasteiger partial charge in [0.2, 0.25) is 0 Å². The molecule has 0 aliphatic carbocycles. The number of terminal acetylenes is 1. The smallest absolute Gasteiger partial charge is 0.0537 e. The zero-order chi connectivity index (χ0) is 13.9. The fourth-order valence-electron chi connectivity index (χ4n) is 2.62. The molecule has 0 N–H and O–H groups in total. The van der Waals surface area contributed by atoms with Crippen LogP contribution >= 0.6 is 0 Å². The van der Waals surface area contributed by atoms with Gasteiger partial charge in [0, 0.05) is 16.5 Å². The molecular weight excluding hydrogens is 242 g/mol. The van der Waals surface area contributed by atoms with Crippen molar-refractivity contribution in [3.05, 3.63) is 66.8 Å². The van der Waals surface area contributed by atoms with Gasteiger partial charge in [-0.15, -0.1) is 6.42 Å². The molecule has 1 nitrogen and oxygen atoms in total. The Hall–Kier alpha value is -2.72. The van der Waals surface area contributed by atoms with E-state index >= 15 is 0 Å². The zero-order valence-corrected chi connectivity index (χ0v) is 11.4. The number of hydrogen-bond donors (Lipinski definition) is 0. The van der Waals surface area contributed by atoms with E-state index in [1.54, 1.807) is 6.08 Å². The predicted octanol–water partition coefficient (Wildman–Crippen LogP) is 4.84. The summed E-state index contributed by atoms with van der Waals surface area (Å²) < 4.78 is 2.27. The molecule has 0 amide bonds. The monoisotopic (exact) mass is 257 g/mol. The van der Waals surface area contributed by atoms with Crippen LogP contribution < -0.4 is 0 Å². The first kappa shape index (κ1) is 12.3. The fourth-order valence-corrected chi connectivity index (χ4v) is 2.62. The van der Waals surface area contributed by atoms with Gasteiger partial charge in [-0.25, -0.2) is 0 Å². The van der Waals surface area contributed by atoms with Crippen LogP contribution in [0.25, 0.3) is 27.5 Å². The number of fused-ring (bicyclic) bond motifs is 3. The van der Waals surface area contributed by atoms with Crippen molar-refractivity contribution in [2.24, 2.45) is 0 Å². The van der Waals surface area contributed by atoms with Gasteiger partial charge in [-0.1, -0.05) is 48.4 Å². The average Bonchev–Trinajstić information content (AvgIpc) is 2.82. The van der Waals surface area contributed by atoms with Crippen molar-refractivity contribution in [2.75, 3.05) is 0 Å². The first-order valence-corrected chi connectivity index (χ1v) is 6.61. The molecule has 0 saturated carbocycles. The van der Waals surface area contributed by atoms with Gasteiger partial charge in [0.25, 0.3) is 0 Å². The van der Waals surface area contributed by atoms with Crippen LogP contribution in [0.2, 0.25) is 0 Å². The van der Waals surface area contributed by atoms with Crippen LogP contribution in [0.5, 0.6) is 0 Å². The Labute approximate surface area is 118 Å². The van der Waals surface area contributed by atoms with Gasteiger partial charge < -0.3 is 4.57 Å². The third-order valence-corrected chi connectivity index (χ3v) is 3.46. The Balaban J connectivity index is 2.35. The highest BCUT2D eigenvalue weighted by Crippen LogP contribution is 2.31. The number of benzene rings is 2. The van der Waals surface area contributed by atoms with Crippen molar-refractivity contribution in [3.63, 3.8) is 0 Å². The molecule has 0 aliphatic rings. The SMILES string of the molecule is C#C/C=C\C=C(/C)n1c2ccccc2c2ccccc21. The number of aromatic nitrogens is 1. The minimum atomic E-state index is 1.15. The van der Waals surface area contributed by atoms with Crippen molar-refractivity contribution in [1.29, 1.82) is 0 Å². The van der Waals surface area contributed by atoms with Crippen LogP contribution in [0.4, 0.5) is 0 Å². The highest BCUT2D eigenvalue weighted by molar-refractivity contribution is 6.09. The maximum Gasteiger partial charge on any atom is 0.0537 e. The van der Waals surface area contributed by atoms with Gasteiger partial charge >= 0.3 is 0 Å². The fraction of sp³-hybridized carbons (Fsp3) is 0.0526. The minimum Gasteiger partial charge on any atom is -0.313 e. The average molecular weight is 257 g/mol. The minimum absolute atomic E-state index is 1.15. The summed E-state index contributed by atoms with van der Waals surface area (Å²) in [5.41, 5.74) is 3.59. The van der Waals surface area contributed by atoms with E-state index in [2.05, 4.69) is 65.9 Å². The second kappa shape index (κ2) is 5.11. The summed E-state index contributed by atoms with van der Waals surface area (Å²) in [5.74, 6) is 2.51. The Morgan fingerprint density at radius 3 is 2.10 bits per heavy atom. The molecule has 0 radical (unpaired) electrons. The third kappa shape index (κ3) is 1.92. The van der Waals surface area contributed by atoms with E-state index in [-0.39, 0.29) is 0 Å². The third-order valence-electron chi connectivity index (χ3n) is 3.46. The quantitative estimate of drug-likeness (QED) is 0.457. The molecule has 0 bridgehead atoms. The maximum absolute atomic E-state index is 5.24. The van der Waals surface area contributed by atoms with Crippen molar-refractivity contribution >= 4 is 27.5 Å². The highest BCUT2D eigenvalue weighted by atomic mass is 15.0. The Morgan fingerprint density at radius 2 is 1.55 bits per heavy atom. The summed E-state index contributed by atoms with van der Waals surface area (Å²) in [5, 5.41) is 2.55. The summed E-state index contributed by atoms with van der Waals surface area (Å²) in [6, 6.07) is 16.9. The molecule has 1 aromatic heterocycles. The highest BCUT2D eigenvalue weighted by Gasteiger charge is 2.09. The summed E-state index contributed by atoms with van der Waals surface area (Å²) in [4.78, 5) is 0. The summed E-state index contributed by atoms with van der Waals surface area (Å²) >= 11 is 0. The van der Waals surface area contributed by atoms with Crippen molar-refractivity contribution in [3.8, 4) is 12.3 Å². The number of rotatable bonds is 2. The molecule has 0 fully saturated rings. The predicted molar refractivity (Wildman–Crippen MR) is 87.4 cm³/mol. The van der Waals surface area contributed by atoms with E-state index in [9.17, 15) is 0 Å². The molecule has 0 atom stereocenters. The summed E-state index contributed by atoms with van der Waals surface area (Å²) in [6.07, 6.45) is 10.9. The molecular formula is C19H15N. The molecule has 2 aromatic carbocycles. The van der Waals surface area contributed by atoms with Gasteiger partial charge in [-0.2, -0.15) is 0 Å². The molecule has 0 spiro atoms. The molecule has 0 saturated heterocycles. The number of allylic oxidation sites excluding steroid dienone is 4. The summed E-state index contributed by atoms with van der Waals surface area (Å²) in [6.45, 7) is 2.10. The van der Waals surface area contributed by atoms with Crippen LogP contribution in [0.3, 0.4) is 0 Å². The lowest BCUT2D eigenvalue weighted by molar-refractivity contribution is 1.20. The number of nitrogens with zero attached hydrogens (tertiary/aromatic N) is 1. The lowest BCUT2D eigenvalue weighted by Crippen LogP contribution is -1.92. The molecule has 0 unspecified atom stereocenters. The molecule has 1 heteroatoms. The lowest BCUT2D eigenvalue weighted by atomic mass is 10.2. The van der Waals surface area contributed by atoms with Crippen LogP contribution in [0.1, 0.15) is 6.92 Å². The molecule has 1 heterocycles. The van der Waals surface area contributed by atoms with E-state index in [1.807, 2.05) is 12.2 Å². The van der Waals surface area contributed by atoms with E-state index in [0.717, 1.165) is 5.70 Å². The van der Waals surface area contributed by atoms with E-state index in [1.165, 1.54) is 21.8 Å². The van der Waals surface area contributed by atoms with Crippen LogP contribution in [0, 0.1) is 12.3 Å². The normalized spacial score (nSPS) is 12.3. The van der Waals surface area contributed by atoms with Crippen LogP contribution in [-0.2, 0) is 0 Å². The maximum atomic E-state index is 5.24. The van der Waals surface area contributed by atoms with Crippen LogP contribution in [0.15, 0.2) is 66.8 Å². The van der Waals surface area contributed by atoms with Gasteiger partial charge in [-0.05, 0) is 31.2 Å². The summed E-state index contributed by atoms with van der Waals surface area (Å²) in [7, 11) is 0. The van der Waals surface area contributed by atoms with E-state index in [0.29, 0.717) is 0 Å². The second-order valence-corrected chi connectivity index (χ2v) is 4.70. The first-order chi connectivity index (χ1) is 9.83. The molecule has 0 aliphatic heterocycles. The van der Waals surface area contributed by atoms with Gasteiger partial charge in [0.05, 0.1) is 11.0 Å². The Morgan fingerprint density at radius 1 is 1.00 bits per heavy atom. The Bertz CT molecular complexity index is 816. The van der Waals surface area contributed by atoms with Crippen molar-refractivity contribution in [1.82, 2.24) is 4.57 Å². The number of hydrogen-bond acceptors (Lipinski definition) is 0. The Kier molecular flexibility index (Phi) is 3.15. The molecule has 3 aromatic rings. The number of para-hydroxylation sites is 2. The van der Waals surface area contributed by atoms with Gasteiger partial charge in [0.15, 0.2) is 0 Å². The van der Waals surface area contributed by atoms with E-state index in [4.69, 9.17) is 6.42 Å². The topological polar surface area (TPSA) is 4.93 Å². The second-order valence-electron chi connectivity index (χ2n) is 4.70. The molecule has 96 valence electrons. The van der Waals surface area contributed by atoms with Crippen molar-refractivity contribution < 1.29 is 0 Å². The first-order valence-electron chi connectivity index (χ1n) is 6.61. The van der Waals surface area contributed by atoms with Gasteiger partial charge in [0.1, 0.15) is 0 Å². The van der Waals surface area contributed by atoms with Crippen LogP contribution in [-0.4, -0.2) is 4.57 Å². The molecule has 3 rings (SSSR count). The largest absolute Gasteiger partial charge is 0.313 e. The van der Waals surface area contributed by atoms with Crippen molar-refractivity contribution in [2.45, 2.75) is 6.92 Å². The van der Waals surface area contributed by atoms with Gasteiger partial charge in [-0.3, -0.25) is 0 Å².